The van der Waals surface area contributed by atoms with Crippen LogP contribution in [-0.2, 0) is 17.2 Å². The minimum Gasteiger partial charge on any atom is -0.259 e. The largest absolute Gasteiger partial charge is 0.259 e. The maximum atomic E-state index is 13.6. The summed E-state index contributed by atoms with van der Waals surface area (Å²) in [6.07, 6.45) is 3.20. The zero-order chi connectivity index (χ0) is 15.3. The van der Waals surface area contributed by atoms with E-state index in [1.807, 2.05) is 0 Å². The summed E-state index contributed by atoms with van der Waals surface area (Å²) in [5.41, 5.74) is -0.227. The fourth-order valence-electron chi connectivity index (χ4n) is 2.95. The van der Waals surface area contributed by atoms with Crippen LogP contribution in [0.4, 0.5) is 22.0 Å². The van der Waals surface area contributed by atoms with Crippen LogP contribution in [0.25, 0.3) is 0 Å². The molecule has 1 aromatic rings. The molecule has 0 radical (unpaired) electrons. The van der Waals surface area contributed by atoms with Crippen molar-refractivity contribution in [1.82, 2.24) is 0 Å². The molecule has 0 spiro atoms. The van der Waals surface area contributed by atoms with Crippen molar-refractivity contribution in [3.05, 3.63) is 46.3 Å². The molecule has 2 aliphatic heterocycles. The van der Waals surface area contributed by atoms with Gasteiger partial charge in [0.05, 0.1) is 5.25 Å². The van der Waals surface area contributed by atoms with E-state index < -0.39 is 45.4 Å². The number of fused-ring (bicyclic) bond motifs is 2. The lowest BCUT2D eigenvalue weighted by molar-refractivity contribution is 0.371. The molecule has 0 amide bonds. The Morgan fingerprint density at radius 3 is 2.10 bits per heavy atom. The van der Waals surface area contributed by atoms with Crippen LogP contribution in [0.2, 0.25) is 0 Å². The van der Waals surface area contributed by atoms with E-state index in [-0.39, 0.29) is 16.9 Å². The third kappa shape index (κ3) is 2.31. The number of benzene rings is 1. The van der Waals surface area contributed by atoms with E-state index in [2.05, 4.69) is 0 Å². The van der Waals surface area contributed by atoms with Crippen molar-refractivity contribution in [1.29, 1.82) is 0 Å². The van der Waals surface area contributed by atoms with Crippen molar-refractivity contribution < 1.29 is 26.2 Å². The highest BCUT2D eigenvalue weighted by Crippen LogP contribution is 2.36. The Morgan fingerprint density at radius 2 is 1.52 bits per heavy atom. The normalized spacial score (nSPS) is 27.9. The Morgan fingerprint density at radius 1 is 0.952 bits per heavy atom. The molecule has 3 rings (SSSR count). The molecule has 3 unspecified atom stereocenters. The van der Waals surface area contributed by atoms with E-state index in [0.717, 1.165) is 12.8 Å². The first kappa shape index (κ1) is 14.7. The Kier molecular flexibility index (Phi) is 3.63. The highest BCUT2D eigenvalue weighted by molar-refractivity contribution is 7.86. The van der Waals surface area contributed by atoms with E-state index in [4.69, 9.17) is 0 Å². The van der Waals surface area contributed by atoms with Crippen molar-refractivity contribution in [2.75, 3.05) is 0 Å². The predicted molar refractivity (Wildman–Crippen MR) is 67.6 cm³/mol. The van der Waals surface area contributed by atoms with E-state index in [0.29, 0.717) is 12.0 Å². The molecule has 3 atom stereocenters. The second-order valence-electron chi connectivity index (χ2n) is 5.32. The summed E-state index contributed by atoms with van der Waals surface area (Å²) < 4.78 is 78.4. The summed E-state index contributed by atoms with van der Waals surface area (Å²) in [5, 5.41) is -0.240. The van der Waals surface area contributed by atoms with Gasteiger partial charge in [0.25, 0.3) is 0 Å². The minimum absolute atomic E-state index is 0.0729. The Bertz CT molecular complexity index is 641. The number of hydrogen-bond donors (Lipinski definition) is 0. The third-order valence-electron chi connectivity index (χ3n) is 4.02. The molecule has 1 fully saturated rings. The maximum Gasteiger partial charge on any atom is 0.200 e. The van der Waals surface area contributed by atoms with Crippen LogP contribution in [-0.4, -0.2) is 14.7 Å². The summed E-state index contributed by atoms with van der Waals surface area (Å²) >= 11 is 0. The molecule has 21 heavy (non-hydrogen) atoms. The molecule has 0 saturated carbocycles. The first-order valence-electron chi connectivity index (χ1n) is 6.49. The predicted octanol–water partition coefficient (Wildman–Crippen LogP) is 3.53. The molecular formula is C14H11F5OS. The molecule has 1 nitrogen and oxygen atoms in total. The van der Waals surface area contributed by atoms with E-state index in [1.165, 1.54) is 0 Å². The summed E-state index contributed by atoms with van der Waals surface area (Å²) in [4.78, 5) is 0. The molecule has 2 bridgehead atoms. The smallest absolute Gasteiger partial charge is 0.200 e. The van der Waals surface area contributed by atoms with Crippen LogP contribution in [0.3, 0.4) is 0 Å². The maximum absolute atomic E-state index is 13.6. The second-order valence-corrected chi connectivity index (χ2v) is 7.25. The molecule has 1 aromatic carbocycles. The van der Waals surface area contributed by atoms with Gasteiger partial charge in [-0.1, -0.05) is 11.6 Å². The highest BCUT2D eigenvalue weighted by Gasteiger charge is 2.36. The van der Waals surface area contributed by atoms with Crippen LogP contribution in [0.1, 0.15) is 24.8 Å². The van der Waals surface area contributed by atoms with Gasteiger partial charge >= 0.3 is 0 Å². The molecule has 0 aromatic heterocycles. The molecule has 114 valence electrons. The fourth-order valence-corrected chi connectivity index (χ4v) is 4.89. The fraction of sp³-hybridized carbons (Fsp3) is 0.429. The number of hydrogen-bond acceptors (Lipinski definition) is 1. The lowest BCUT2D eigenvalue weighted by Gasteiger charge is -2.20. The standard InChI is InChI=1S/C14H11F5OS/c15-10-9(11(16)13(18)14(19)12(10)17)5-6-3-7-1-2-8(4-6)21(7)20/h3,7-8H,1-2,4-5H2. The molecule has 0 N–H and O–H groups in total. The molecule has 2 heterocycles. The van der Waals surface area contributed by atoms with E-state index in [1.54, 1.807) is 6.08 Å². The van der Waals surface area contributed by atoms with Gasteiger partial charge in [0, 0.05) is 21.6 Å². The van der Waals surface area contributed by atoms with Crippen molar-refractivity contribution in [3.63, 3.8) is 0 Å². The van der Waals surface area contributed by atoms with E-state index in [9.17, 15) is 26.2 Å². The van der Waals surface area contributed by atoms with Gasteiger partial charge in [-0.05, 0) is 25.7 Å². The summed E-state index contributed by atoms with van der Waals surface area (Å²) in [7, 11) is -0.992. The van der Waals surface area contributed by atoms with Gasteiger partial charge < -0.3 is 0 Å². The molecule has 1 saturated heterocycles. The van der Waals surface area contributed by atoms with Gasteiger partial charge in [-0.2, -0.15) is 0 Å². The first-order chi connectivity index (χ1) is 9.90. The van der Waals surface area contributed by atoms with Gasteiger partial charge in [0.2, 0.25) is 5.82 Å². The lowest BCUT2D eigenvalue weighted by atomic mass is 9.99. The average Bonchev–Trinajstić information content (AvgIpc) is 2.69. The molecule has 0 aliphatic carbocycles. The van der Waals surface area contributed by atoms with Gasteiger partial charge in [0.1, 0.15) is 0 Å². The number of allylic oxidation sites excluding steroid dienone is 1. The summed E-state index contributed by atoms with van der Waals surface area (Å²) in [6.45, 7) is 0. The quantitative estimate of drug-likeness (QED) is 0.352. The Labute approximate surface area is 120 Å². The molecule has 2 aliphatic rings. The van der Waals surface area contributed by atoms with Crippen molar-refractivity contribution in [3.8, 4) is 0 Å². The lowest BCUT2D eigenvalue weighted by Crippen LogP contribution is -2.21. The summed E-state index contributed by atoms with van der Waals surface area (Å²) in [5.74, 6) is -9.57. The summed E-state index contributed by atoms with van der Waals surface area (Å²) in [6, 6.07) is 0. The van der Waals surface area contributed by atoms with Crippen LogP contribution in [0.5, 0.6) is 0 Å². The Hall–Kier alpha value is -1.24. The SMILES string of the molecule is O=S1C2C=C(Cc3c(F)c(F)c(F)c(F)c3F)CC1CC2. The van der Waals surface area contributed by atoms with E-state index >= 15 is 0 Å². The van der Waals surface area contributed by atoms with Gasteiger partial charge in [-0.15, -0.1) is 0 Å². The first-order valence-corrected chi connectivity index (χ1v) is 7.77. The van der Waals surface area contributed by atoms with Crippen molar-refractivity contribution >= 4 is 10.8 Å². The topological polar surface area (TPSA) is 17.1 Å². The minimum atomic E-state index is -2.15. The zero-order valence-electron chi connectivity index (χ0n) is 10.8. The van der Waals surface area contributed by atoms with Gasteiger partial charge in [-0.3, -0.25) is 4.21 Å². The zero-order valence-corrected chi connectivity index (χ0v) is 11.6. The van der Waals surface area contributed by atoms with Crippen molar-refractivity contribution in [2.45, 2.75) is 36.2 Å². The highest BCUT2D eigenvalue weighted by atomic mass is 32.2. The molecular weight excluding hydrogens is 311 g/mol. The Balaban J connectivity index is 1.97. The number of halogens is 5. The van der Waals surface area contributed by atoms with Gasteiger partial charge in [-0.25, -0.2) is 22.0 Å². The van der Waals surface area contributed by atoms with Gasteiger partial charge in [0.15, 0.2) is 23.3 Å². The monoisotopic (exact) mass is 322 g/mol. The van der Waals surface area contributed by atoms with Crippen molar-refractivity contribution in [2.24, 2.45) is 0 Å². The van der Waals surface area contributed by atoms with Crippen LogP contribution >= 0.6 is 0 Å². The van der Waals surface area contributed by atoms with Crippen LogP contribution in [0, 0.1) is 29.1 Å². The van der Waals surface area contributed by atoms with Crippen LogP contribution < -0.4 is 0 Å². The second kappa shape index (κ2) is 5.19. The van der Waals surface area contributed by atoms with Crippen LogP contribution in [0.15, 0.2) is 11.6 Å². The average molecular weight is 322 g/mol. The third-order valence-corrected chi connectivity index (χ3v) is 6.04. The number of rotatable bonds is 2. The molecule has 7 heteroatoms.